The van der Waals surface area contributed by atoms with Crippen molar-refractivity contribution in [2.75, 3.05) is 17.6 Å². The van der Waals surface area contributed by atoms with E-state index in [0.29, 0.717) is 16.7 Å². The molecule has 2 aromatic rings. The average molecular weight is 272 g/mol. The molecule has 19 heavy (non-hydrogen) atoms. The fourth-order valence-corrected chi connectivity index (χ4v) is 2.19. The van der Waals surface area contributed by atoms with Gasteiger partial charge in [-0.3, -0.25) is 0 Å². The van der Waals surface area contributed by atoms with Crippen molar-refractivity contribution in [3.63, 3.8) is 0 Å². The fourth-order valence-electron chi connectivity index (χ4n) is 1.34. The highest BCUT2D eigenvalue weighted by Gasteiger charge is 2.04. The molecular weight excluding hydrogens is 260 g/mol. The molecule has 7 heteroatoms. The highest BCUT2D eigenvalue weighted by Crippen LogP contribution is 2.18. The number of anilines is 1. The second kappa shape index (κ2) is 7.28. The zero-order valence-electron chi connectivity index (χ0n) is 10.2. The molecule has 0 saturated heterocycles. The van der Waals surface area contributed by atoms with Crippen LogP contribution in [0.5, 0.6) is 0 Å². The lowest BCUT2D eigenvalue weighted by Gasteiger charge is -2.04. The van der Waals surface area contributed by atoms with Gasteiger partial charge in [0.2, 0.25) is 5.95 Å². The van der Waals surface area contributed by atoms with Crippen molar-refractivity contribution < 1.29 is 0 Å². The maximum atomic E-state index is 8.88. The highest BCUT2D eigenvalue weighted by atomic mass is 32.2. The summed E-state index contributed by atoms with van der Waals surface area (Å²) in [6.45, 7) is 0.777. The SMILES string of the molecule is N#Cc1nccnc1SCCCNc1ncccn1. The molecule has 6 nitrogen and oxygen atoms in total. The number of nitrogens with one attached hydrogen (secondary N) is 1. The molecule has 0 aliphatic carbocycles. The van der Waals surface area contributed by atoms with Crippen LogP contribution in [0.25, 0.3) is 0 Å². The first-order valence-corrected chi connectivity index (χ1v) is 6.73. The summed E-state index contributed by atoms with van der Waals surface area (Å²) in [5.41, 5.74) is 0.381. The Bertz CT molecular complexity index is 554. The van der Waals surface area contributed by atoms with Crippen LogP contribution in [-0.4, -0.2) is 32.2 Å². The number of nitrogens with zero attached hydrogens (tertiary/aromatic N) is 5. The summed E-state index contributed by atoms with van der Waals surface area (Å²) in [4.78, 5) is 16.2. The minimum absolute atomic E-state index is 0.381. The van der Waals surface area contributed by atoms with E-state index < -0.39 is 0 Å². The van der Waals surface area contributed by atoms with Crippen LogP contribution in [0.4, 0.5) is 5.95 Å². The normalized spacial score (nSPS) is 9.84. The van der Waals surface area contributed by atoms with Gasteiger partial charge < -0.3 is 5.32 Å². The lowest BCUT2D eigenvalue weighted by molar-refractivity contribution is 0.955. The van der Waals surface area contributed by atoms with Crippen molar-refractivity contribution in [3.05, 3.63) is 36.5 Å². The first kappa shape index (κ1) is 13.2. The molecule has 0 spiro atoms. The van der Waals surface area contributed by atoms with Crippen molar-refractivity contribution in [1.29, 1.82) is 5.26 Å². The third-order valence-corrected chi connectivity index (χ3v) is 3.24. The lowest BCUT2D eigenvalue weighted by atomic mass is 10.5. The molecule has 1 N–H and O–H groups in total. The molecule has 0 bridgehead atoms. The summed E-state index contributed by atoms with van der Waals surface area (Å²) >= 11 is 1.53. The van der Waals surface area contributed by atoms with Gasteiger partial charge in [-0.1, -0.05) is 0 Å². The van der Waals surface area contributed by atoms with Crippen molar-refractivity contribution in [2.45, 2.75) is 11.4 Å². The summed E-state index contributed by atoms with van der Waals surface area (Å²) in [5.74, 6) is 1.48. The van der Waals surface area contributed by atoms with Crippen LogP contribution in [0, 0.1) is 11.3 Å². The number of hydrogen-bond acceptors (Lipinski definition) is 7. The van der Waals surface area contributed by atoms with Crippen LogP contribution in [0.2, 0.25) is 0 Å². The molecule has 0 radical (unpaired) electrons. The molecule has 2 aromatic heterocycles. The van der Waals surface area contributed by atoms with Crippen LogP contribution < -0.4 is 5.32 Å². The van der Waals surface area contributed by atoms with Crippen molar-refractivity contribution in [1.82, 2.24) is 19.9 Å². The summed E-state index contributed by atoms with van der Waals surface area (Å²) in [6, 6.07) is 3.81. The third-order valence-electron chi connectivity index (χ3n) is 2.18. The van der Waals surface area contributed by atoms with E-state index in [2.05, 4.69) is 25.3 Å². The Labute approximate surface area is 115 Å². The maximum absolute atomic E-state index is 8.88. The van der Waals surface area contributed by atoms with E-state index in [1.807, 2.05) is 6.07 Å². The first-order chi connectivity index (χ1) is 9.40. The summed E-state index contributed by atoms with van der Waals surface area (Å²) in [5, 5.41) is 12.7. The standard InChI is InChI=1S/C12H12N6S/c13-9-10-11(15-7-6-14-10)19-8-2-5-18-12-16-3-1-4-17-12/h1,3-4,6-7H,2,5,8H2,(H,16,17,18). The Morgan fingerprint density at radius 2 is 1.89 bits per heavy atom. The Kier molecular flexibility index (Phi) is 5.07. The van der Waals surface area contributed by atoms with Gasteiger partial charge in [-0.25, -0.2) is 19.9 Å². The highest BCUT2D eigenvalue weighted by molar-refractivity contribution is 7.99. The summed E-state index contributed by atoms with van der Waals surface area (Å²) in [6.07, 6.45) is 7.44. The van der Waals surface area contributed by atoms with E-state index in [4.69, 9.17) is 5.26 Å². The van der Waals surface area contributed by atoms with Crippen molar-refractivity contribution in [2.24, 2.45) is 0 Å². The molecule has 0 amide bonds. The van der Waals surface area contributed by atoms with Gasteiger partial charge in [0, 0.05) is 37.1 Å². The number of nitriles is 1. The first-order valence-electron chi connectivity index (χ1n) is 5.75. The molecule has 0 aliphatic heterocycles. The van der Waals surface area contributed by atoms with Crippen LogP contribution >= 0.6 is 11.8 Å². The van der Waals surface area contributed by atoms with Gasteiger partial charge in [-0.05, 0) is 12.5 Å². The monoisotopic (exact) mass is 272 g/mol. The van der Waals surface area contributed by atoms with E-state index in [-0.39, 0.29) is 0 Å². The molecule has 96 valence electrons. The quantitative estimate of drug-likeness (QED) is 0.633. The number of rotatable bonds is 6. The number of thioether (sulfide) groups is 1. The van der Waals surface area contributed by atoms with Crippen LogP contribution in [0.1, 0.15) is 12.1 Å². The second-order valence-electron chi connectivity index (χ2n) is 3.52. The van der Waals surface area contributed by atoms with Gasteiger partial charge in [0.15, 0.2) is 5.69 Å². The van der Waals surface area contributed by atoms with E-state index >= 15 is 0 Å². The molecule has 0 aromatic carbocycles. The maximum Gasteiger partial charge on any atom is 0.222 e. The summed E-state index contributed by atoms with van der Waals surface area (Å²) in [7, 11) is 0. The molecule has 0 atom stereocenters. The van der Waals surface area contributed by atoms with Crippen LogP contribution in [0.3, 0.4) is 0 Å². The Morgan fingerprint density at radius 3 is 2.68 bits per heavy atom. The molecule has 2 heterocycles. The number of aromatic nitrogens is 4. The van der Waals surface area contributed by atoms with Gasteiger partial charge in [0.1, 0.15) is 11.1 Å². The predicted molar refractivity (Wildman–Crippen MR) is 72.6 cm³/mol. The van der Waals surface area contributed by atoms with E-state index in [1.54, 1.807) is 24.7 Å². The largest absolute Gasteiger partial charge is 0.354 e. The molecular formula is C12H12N6S. The molecule has 0 unspecified atom stereocenters. The van der Waals surface area contributed by atoms with Gasteiger partial charge >= 0.3 is 0 Å². The van der Waals surface area contributed by atoms with Gasteiger partial charge in [-0.2, -0.15) is 5.26 Å². The van der Waals surface area contributed by atoms with E-state index in [9.17, 15) is 0 Å². The van der Waals surface area contributed by atoms with Gasteiger partial charge in [0.25, 0.3) is 0 Å². The minimum Gasteiger partial charge on any atom is -0.354 e. The average Bonchev–Trinajstić information content (AvgIpc) is 2.48. The van der Waals surface area contributed by atoms with E-state index in [0.717, 1.165) is 18.7 Å². The lowest BCUT2D eigenvalue weighted by Crippen LogP contribution is -2.05. The number of hydrogen-bond donors (Lipinski definition) is 1. The molecule has 0 saturated carbocycles. The Balaban J connectivity index is 1.71. The fraction of sp³-hybridized carbons (Fsp3) is 0.250. The zero-order valence-corrected chi connectivity index (χ0v) is 11.0. The molecule has 0 fully saturated rings. The van der Waals surface area contributed by atoms with E-state index in [1.165, 1.54) is 18.0 Å². The van der Waals surface area contributed by atoms with Gasteiger partial charge in [0.05, 0.1) is 0 Å². The zero-order chi connectivity index (χ0) is 13.3. The molecule has 2 rings (SSSR count). The topological polar surface area (TPSA) is 87.4 Å². The Hall–Kier alpha value is -2.20. The van der Waals surface area contributed by atoms with Crippen LogP contribution in [-0.2, 0) is 0 Å². The molecule has 0 aliphatic rings. The van der Waals surface area contributed by atoms with Crippen molar-refractivity contribution >= 4 is 17.7 Å². The van der Waals surface area contributed by atoms with Crippen molar-refractivity contribution in [3.8, 4) is 6.07 Å². The predicted octanol–water partition coefficient (Wildman–Crippen LogP) is 1.73. The Morgan fingerprint density at radius 1 is 1.11 bits per heavy atom. The second-order valence-corrected chi connectivity index (χ2v) is 4.61. The van der Waals surface area contributed by atoms with Crippen LogP contribution in [0.15, 0.2) is 35.9 Å². The smallest absolute Gasteiger partial charge is 0.222 e. The van der Waals surface area contributed by atoms with Gasteiger partial charge in [-0.15, -0.1) is 11.8 Å². The summed E-state index contributed by atoms with van der Waals surface area (Å²) < 4.78 is 0. The minimum atomic E-state index is 0.381. The third kappa shape index (κ3) is 4.19.